The molecule has 1 fully saturated rings. The van der Waals surface area contributed by atoms with Crippen LogP contribution in [0.2, 0.25) is 0 Å². The Kier molecular flexibility index (Phi) is 4.89. The van der Waals surface area contributed by atoms with E-state index in [2.05, 4.69) is 5.32 Å². The molecule has 2 aromatic rings. The van der Waals surface area contributed by atoms with E-state index in [1.165, 1.54) is 14.2 Å². The van der Waals surface area contributed by atoms with Gasteiger partial charge in [0.15, 0.2) is 11.5 Å². The summed E-state index contributed by atoms with van der Waals surface area (Å²) in [7, 11) is 2.97. The summed E-state index contributed by atoms with van der Waals surface area (Å²) in [5.74, 6) is -2.81. The Bertz CT molecular complexity index is 1260. The number of carbonyl (C=O) groups is 4. The summed E-state index contributed by atoms with van der Waals surface area (Å²) in [4.78, 5) is 52.8. The van der Waals surface area contributed by atoms with E-state index < -0.39 is 34.9 Å². The van der Waals surface area contributed by atoms with E-state index in [4.69, 9.17) is 15.2 Å². The van der Waals surface area contributed by atoms with Crippen LogP contribution in [0, 0.1) is 5.92 Å². The van der Waals surface area contributed by atoms with Crippen LogP contribution in [-0.4, -0.2) is 43.1 Å². The fourth-order valence-corrected chi connectivity index (χ4v) is 5.81. The van der Waals surface area contributed by atoms with Gasteiger partial charge in [0.25, 0.3) is 5.91 Å². The van der Waals surface area contributed by atoms with E-state index in [1.807, 2.05) is 0 Å². The molecule has 10 heteroatoms. The molecule has 3 N–H and O–H groups in total. The van der Waals surface area contributed by atoms with Gasteiger partial charge in [0.1, 0.15) is 5.25 Å². The molecule has 9 nitrogen and oxygen atoms in total. The van der Waals surface area contributed by atoms with Crippen molar-refractivity contribution in [3.63, 3.8) is 0 Å². The number of hydrogen-bond acceptors (Lipinski definition) is 8. The first-order valence-corrected chi connectivity index (χ1v) is 11.0. The maximum Gasteiger partial charge on any atom is 0.342 e. The zero-order valence-corrected chi connectivity index (χ0v) is 18.5. The second kappa shape index (κ2) is 7.66. The van der Waals surface area contributed by atoms with Gasteiger partial charge in [0.05, 0.1) is 29.3 Å². The minimum Gasteiger partial charge on any atom is -0.493 e. The molecule has 5 rings (SSSR count). The molecular formula is C23H19N3O6S. The Morgan fingerprint density at radius 3 is 2.52 bits per heavy atom. The third-order valence-electron chi connectivity index (χ3n) is 6.08. The first-order valence-electron chi connectivity index (χ1n) is 10.1. The number of anilines is 1. The van der Waals surface area contributed by atoms with Gasteiger partial charge in [0, 0.05) is 24.1 Å². The van der Waals surface area contributed by atoms with Crippen molar-refractivity contribution in [2.45, 2.75) is 11.2 Å². The minimum absolute atomic E-state index is 0.165. The molecule has 3 atom stereocenters. The lowest BCUT2D eigenvalue weighted by Crippen LogP contribution is -2.39. The average Bonchev–Trinajstić information content (AvgIpc) is 3.07. The maximum atomic E-state index is 13.6. The van der Waals surface area contributed by atoms with E-state index in [0.717, 1.165) is 16.7 Å². The van der Waals surface area contributed by atoms with Crippen LogP contribution < -0.4 is 25.4 Å². The van der Waals surface area contributed by atoms with Crippen molar-refractivity contribution < 1.29 is 28.7 Å². The molecule has 168 valence electrons. The Morgan fingerprint density at radius 2 is 1.85 bits per heavy atom. The predicted octanol–water partition coefficient (Wildman–Crippen LogP) is 1.53. The molecule has 0 aliphatic carbocycles. The summed E-state index contributed by atoms with van der Waals surface area (Å²) in [5.41, 5.74) is 7.70. The van der Waals surface area contributed by atoms with Gasteiger partial charge in [-0.3, -0.25) is 14.4 Å². The van der Waals surface area contributed by atoms with Gasteiger partial charge < -0.3 is 20.5 Å². The number of amides is 3. The summed E-state index contributed by atoms with van der Waals surface area (Å²) in [6.07, 6.45) is 0. The second-order valence-corrected chi connectivity index (χ2v) is 8.91. The summed E-state index contributed by atoms with van der Waals surface area (Å²) >= 11 is 1.00. The molecule has 3 heterocycles. The SMILES string of the molecule is CNC(=O)c1ccc(N2C(=O)[C@H]3[C@H](SC(N)=C4C(=O)Oc5c(OC)cccc5[C@H]43)C2=O)cc1. The Hall–Kier alpha value is -3.79. The number of nitrogens with one attached hydrogen (secondary N) is 1. The second-order valence-electron chi connectivity index (χ2n) is 7.73. The summed E-state index contributed by atoms with van der Waals surface area (Å²) < 4.78 is 10.8. The van der Waals surface area contributed by atoms with Gasteiger partial charge in [-0.05, 0) is 30.3 Å². The number of imide groups is 1. The zero-order valence-electron chi connectivity index (χ0n) is 17.7. The molecule has 3 amide bonds. The highest BCUT2D eigenvalue weighted by Crippen LogP contribution is 2.55. The van der Waals surface area contributed by atoms with Gasteiger partial charge in [0.2, 0.25) is 11.8 Å². The molecule has 0 unspecified atom stereocenters. The summed E-state index contributed by atoms with van der Waals surface area (Å²) in [6.45, 7) is 0. The van der Waals surface area contributed by atoms with Crippen molar-refractivity contribution in [1.82, 2.24) is 5.32 Å². The molecule has 0 aromatic heterocycles. The van der Waals surface area contributed by atoms with Gasteiger partial charge in [-0.15, -0.1) is 0 Å². The van der Waals surface area contributed by atoms with E-state index in [-0.39, 0.29) is 22.3 Å². The van der Waals surface area contributed by atoms with Crippen LogP contribution in [0.15, 0.2) is 53.1 Å². The predicted molar refractivity (Wildman–Crippen MR) is 120 cm³/mol. The third-order valence-corrected chi connectivity index (χ3v) is 7.30. The number of methoxy groups -OCH3 is 1. The van der Waals surface area contributed by atoms with Crippen LogP contribution in [0.1, 0.15) is 21.8 Å². The Morgan fingerprint density at radius 1 is 1.12 bits per heavy atom. The number of para-hydroxylation sites is 1. The molecule has 0 bridgehead atoms. The molecule has 0 radical (unpaired) electrons. The molecule has 3 aliphatic rings. The number of hydrogen-bond donors (Lipinski definition) is 2. The lowest BCUT2D eigenvalue weighted by atomic mass is 9.77. The van der Waals surface area contributed by atoms with Crippen LogP contribution in [0.3, 0.4) is 0 Å². The van der Waals surface area contributed by atoms with Crippen LogP contribution in [0.5, 0.6) is 11.5 Å². The van der Waals surface area contributed by atoms with E-state index in [0.29, 0.717) is 22.6 Å². The topological polar surface area (TPSA) is 128 Å². The lowest BCUT2D eigenvalue weighted by Gasteiger charge is -2.36. The van der Waals surface area contributed by atoms with Crippen molar-refractivity contribution in [2.24, 2.45) is 11.7 Å². The van der Waals surface area contributed by atoms with Crippen molar-refractivity contribution in [2.75, 3.05) is 19.1 Å². The van der Waals surface area contributed by atoms with Crippen LogP contribution in [0.4, 0.5) is 5.69 Å². The van der Waals surface area contributed by atoms with Crippen molar-refractivity contribution in [3.05, 3.63) is 64.2 Å². The fourth-order valence-electron chi connectivity index (χ4n) is 4.57. The van der Waals surface area contributed by atoms with Crippen LogP contribution >= 0.6 is 11.8 Å². The molecule has 0 spiro atoms. The molecule has 1 saturated heterocycles. The van der Waals surface area contributed by atoms with Crippen molar-refractivity contribution in [3.8, 4) is 11.5 Å². The number of rotatable bonds is 3. The largest absolute Gasteiger partial charge is 0.493 e. The maximum absolute atomic E-state index is 13.6. The normalized spacial score (nSPS) is 23.5. The smallest absolute Gasteiger partial charge is 0.342 e. The molecule has 3 aliphatic heterocycles. The van der Waals surface area contributed by atoms with Gasteiger partial charge in [-0.1, -0.05) is 23.9 Å². The minimum atomic E-state index is -0.845. The number of benzene rings is 2. The van der Waals surface area contributed by atoms with Crippen LogP contribution in [0.25, 0.3) is 0 Å². The first-order chi connectivity index (χ1) is 15.9. The third kappa shape index (κ3) is 3.01. The van der Waals surface area contributed by atoms with Crippen molar-refractivity contribution >= 4 is 41.1 Å². The van der Waals surface area contributed by atoms with E-state index in [1.54, 1.807) is 42.5 Å². The molecule has 33 heavy (non-hydrogen) atoms. The van der Waals surface area contributed by atoms with Gasteiger partial charge >= 0.3 is 5.97 Å². The molecule has 2 aromatic carbocycles. The molecular weight excluding hydrogens is 446 g/mol. The Balaban J connectivity index is 1.60. The van der Waals surface area contributed by atoms with Gasteiger partial charge in [-0.2, -0.15) is 0 Å². The zero-order chi connectivity index (χ0) is 23.4. The highest BCUT2D eigenvalue weighted by atomic mass is 32.2. The summed E-state index contributed by atoms with van der Waals surface area (Å²) in [6, 6.07) is 11.3. The average molecular weight is 465 g/mol. The number of esters is 1. The van der Waals surface area contributed by atoms with E-state index >= 15 is 0 Å². The number of ether oxygens (including phenoxy) is 2. The number of thioether (sulfide) groups is 1. The monoisotopic (exact) mass is 465 g/mol. The van der Waals surface area contributed by atoms with Crippen molar-refractivity contribution in [1.29, 1.82) is 0 Å². The number of nitrogens with zero attached hydrogens (tertiary/aromatic N) is 1. The number of nitrogens with two attached hydrogens (primary N) is 1. The molecule has 0 saturated carbocycles. The number of fused-ring (bicyclic) bond motifs is 5. The Labute approximate surface area is 192 Å². The first kappa shape index (κ1) is 21.1. The summed E-state index contributed by atoms with van der Waals surface area (Å²) in [5, 5.41) is 1.89. The van der Waals surface area contributed by atoms with E-state index in [9.17, 15) is 19.2 Å². The van der Waals surface area contributed by atoms with Crippen LogP contribution in [-0.2, 0) is 14.4 Å². The highest BCUT2D eigenvalue weighted by molar-refractivity contribution is 8.04. The lowest BCUT2D eigenvalue weighted by molar-refractivity contribution is -0.132. The quantitative estimate of drug-likeness (QED) is 0.397. The number of carbonyl (C=O) groups excluding carboxylic acids is 4. The fraction of sp³-hybridized carbons (Fsp3) is 0.217. The standard InChI is InChI=1S/C23H19N3O6S/c1-25-20(27)10-6-8-11(9-7-10)26-21(28)15-14-12-4-3-5-13(31-2)17(12)32-23(30)16(14)19(24)33-18(15)22(26)29/h3-9,14-15,18H,24H2,1-2H3,(H,25,27)/t14-,15+,18-/m0/s1. The highest BCUT2D eigenvalue weighted by Gasteiger charge is 2.58. The van der Waals surface area contributed by atoms with Gasteiger partial charge in [-0.25, -0.2) is 9.69 Å².